The third-order valence-electron chi connectivity index (χ3n) is 4.57. The first-order valence-electron chi connectivity index (χ1n) is 9.29. The minimum atomic E-state index is -4.79. The molecule has 3 rings (SSSR count). The van der Waals surface area contributed by atoms with Gasteiger partial charge in [-0.2, -0.15) is 13.2 Å². The number of hydrogen-bond donors (Lipinski definition) is 1. The predicted molar refractivity (Wildman–Crippen MR) is 105 cm³/mol. The van der Waals surface area contributed by atoms with Gasteiger partial charge in [0.15, 0.2) is 5.75 Å². The summed E-state index contributed by atoms with van der Waals surface area (Å²) in [6, 6.07) is 16.2. The topological polar surface area (TPSA) is 58.6 Å². The molecule has 2 aromatic carbocycles. The number of rotatable bonds is 7. The van der Waals surface area contributed by atoms with Gasteiger partial charge in [0.1, 0.15) is 11.9 Å². The fraction of sp³-hybridized carbons (Fsp3) is 0.400. The van der Waals surface area contributed by atoms with Crippen LogP contribution in [-0.2, 0) is 16.6 Å². The second-order valence-corrected chi connectivity index (χ2v) is 8.80. The number of anilines is 1. The van der Waals surface area contributed by atoms with E-state index in [-0.39, 0.29) is 11.8 Å². The Kier molecular flexibility index (Phi) is 6.69. The standard InChI is InChI=1S/C20H23F3N2O3S/c21-20(22,23)15-29(26,27)24-17-6-8-18(9-7-17)28-19-10-12-25(13-11-19)14-16-4-2-1-3-5-16/h1-9,19,24H,10-15H2. The normalized spacial score (nSPS) is 16.5. The number of halogens is 3. The number of nitrogens with zero attached hydrogens (tertiary/aromatic N) is 1. The Balaban J connectivity index is 1.47. The van der Waals surface area contributed by atoms with Crippen molar-refractivity contribution in [3.05, 3.63) is 60.2 Å². The lowest BCUT2D eigenvalue weighted by Crippen LogP contribution is -2.37. The molecule has 1 aliphatic rings. The predicted octanol–water partition coefficient (Wildman–Crippen LogP) is 4.03. The lowest BCUT2D eigenvalue weighted by atomic mass is 10.1. The Labute approximate surface area is 168 Å². The molecule has 0 radical (unpaired) electrons. The maximum Gasteiger partial charge on any atom is 0.404 e. The van der Waals surface area contributed by atoms with Crippen molar-refractivity contribution in [2.24, 2.45) is 0 Å². The molecule has 0 aliphatic carbocycles. The van der Waals surface area contributed by atoms with Crippen LogP contribution < -0.4 is 9.46 Å². The number of nitrogens with one attached hydrogen (secondary N) is 1. The first-order chi connectivity index (χ1) is 13.7. The van der Waals surface area contributed by atoms with Gasteiger partial charge in [0.2, 0.25) is 10.0 Å². The van der Waals surface area contributed by atoms with Gasteiger partial charge in [-0.1, -0.05) is 30.3 Å². The highest BCUT2D eigenvalue weighted by Gasteiger charge is 2.35. The second-order valence-electron chi connectivity index (χ2n) is 7.08. The third kappa shape index (κ3) is 7.25. The van der Waals surface area contributed by atoms with Gasteiger partial charge in [-0.15, -0.1) is 0 Å². The van der Waals surface area contributed by atoms with Crippen LogP contribution in [0.25, 0.3) is 0 Å². The van der Waals surface area contributed by atoms with Crippen molar-refractivity contribution in [1.82, 2.24) is 4.90 Å². The summed E-state index contributed by atoms with van der Waals surface area (Å²) in [5.41, 5.74) is 1.34. The van der Waals surface area contributed by atoms with Crippen molar-refractivity contribution in [3.8, 4) is 5.75 Å². The monoisotopic (exact) mass is 428 g/mol. The number of benzene rings is 2. The minimum absolute atomic E-state index is 0.0507. The van der Waals surface area contributed by atoms with E-state index in [0.717, 1.165) is 32.5 Å². The van der Waals surface area contributed by atoms with Gasteiger partial charge < -0.3 is 4.74 Å². The van der Waals surface area contributed by atoms with E-state index in [4.69, 9.17) is 4.74 Å². The molecule has 5 nitrogen and oxygen atoms in total. The second kappa shape index (κ2) is 9.04. The van der Waals surface area contributed by atoms with Crippen LogP contribution >= 0.6 is 0 Å². The van der Waals surface area contributed by atoms with Crippen LogP contribution in [0.4, 0.5) is 18.9 Å². The van der Waals surface area contributed by atoms with E-state index in [9.17, 15) is 21.6 Å². The smallest absolute Gasteiger partial charge is 0.404 e. The van der Waals surface area contributed by atoms with E-state index in [1.165, 1.54) is 17.7 Å². The van der Waals surface area contributed by atoms with Crippen LogP contribution in [-0.4, -0.2) is 44.4 Å². The van der Waals surface area contributed by atoms with E-state index in [1.807, 2.05) is 22.9 Å². The molecule has 0 unspecified atom stereocenters. The van der Waals surface area contributed by atoms with E-state index in [1.54, 1.807) is 12.1 Å². The van der Waals surface area contributed by atoms with Crippen molar-refractivity contribution in [1.29, 1.82) is 0 Å². The zero-order chi connectivity index (χ0) is 20.9. The first kappa shape index (κ1) is 21.4. The molecule has 29 heavy (non-hydrogen) atoms. The van der Waals surface area contributed by atoms with Crippen LogP contribution in [0, 0.1) is 0 Å². The zero-order valence-corrected chi connectivity index (χ0v) is 16.5. The number of hydrogen-bond acceptors (Lipinski definition) is 4. The Morgan fingerprint density at radius 1 is 1.00 bits per heavy atom. The molecule has 2 aromatic rings. The SMILES string of the molecule is O=S(=O)(CC(F)(F)F)Nc1ccc(OC2CCN(Cc3ccccc3)CC2)cc1. The molecule has 0 bridgehead atoms. The van der Waals surface area contributed by atoms with Gasteiger partial charge in [0.05, 0.1) is 0 Å². The molecule has 0 aromatic heterocycles. The summed E-state index contributed by atoms with van der Waals surface area (Å²) < 4.78 is 67.7. The van der Waals surface area contributed by atoms with Gasteiger partial charge in [0, 0.05) is 25.3 Å². The molecule has 1 heterocycles. The number of alkyl halides is 3. The minimum Gasteiger partial charge on any atom is -0.490 e. The highest BCUT2D eigenvalue weighted by molar-refractivity contribution is 7.92. The summed E-state index contributed by atoms with van der Waals surface area (Å²) in [5.74, 6) is -1.36. The molecule has 0 amide bonds. The van der Waals surface area contributed by atoms with Crippen LogP contribution in [0.1, 0.15) is 18.4 Å². The Morgan fingerprint density at radius 3 is 2.21 bits per heavy atom. The van der Waals surface area contributed by atoms with Gasteiger partial charge >= 0.3 is 6.18 Å². The number of ether oxygens (including phenoxy) is 1. The Morgan fingerprint density at radius 2 is 1.62 bits per heavy atom. The molecule has 158 valence electrons. The largest absolute Gasteiger partial charge is 0.490 e. The summed E-state index contributed by atoms with van der Waals surface area (Å²) in [7, 11) is -4.49. The average Bonchev–Trinajstić information content (AvgIpc) is 2.63. The van der Waals surface area contributed by atoms with Crippen LogP contribution in [0.5, 0.6) is 5.75 Å². The lowest BCUT2D eigenvalue weighted by Gasteiger charge is -2.32. The number of sulfonamides is 1. The molecule has 1 aliphatic heterocycles. The summed E-state index contributed by atoms with van der Waals surface area (Å²) in [5, 5.41) is 0. The molecule has 1 fully saturated rings. The Hall–Kier alpha value is -2.26. The molecule has 0 atom stereocenters. The average molecular weight is 428 g/mol. The van der Waals surface area contributed by atoms with Crippen LogP contribution in [0.3, 0.4) is 0 Å². The summed E-state index contributed by atoms with van der Waals surface area (Å²) in [4.78, 5) is 2.37. The highest BCUT2D eigenvalue weighted by Crippen LogP contribution is 2.24. The van der Waals surface area contributed by atoms with Gasteiger partial charge in [-0.25, -0.2) is 8.42 Å². The van der Waals surface area contributed by atoms with Crippen LogP contribution in [0.15, 0.2) is 54.6 Å². The van der Waals surface area contributed by atoms with Gasteiger partial charge in [-0.3, -0.25) is 9.62 Å². The van der Waals surface area contributed by atoms with Crippen molar-refractivity contribution >= 4 is 15.7 Å². The maximum absolute atomic E-state index is 12.3. The van der Waals surface area contributed by atoms with Crippen LogP contribution in [0.2, 0.25) is 0 Å². The van der Waals surface area contributed by atoms with E-state index in [2.05, 4.69) is 17.0 Å². The highest BCUT2D eigenvalue weighted by atomic mass is 32.2. The maximum atomic E-state index is 12.3. The van der Waals surface area contributed by atoms with Crippen molar-refractivity contribution in [2.75, 3.05) is 23.6 Å². The van der Waals surface area contributed by atoms with Crippen molar-refractivity contribution < 1.29 is 26.3 Å². The summed E-state index contributed by atoms with van der Waals surface area (Å²) in [6.07, 6.45) is -3.00. The number of piperidine rings is 1. The zero-order valence-electron chi connectivity index (χ0n) is 15.7. The number of likely N-dealkylation sites (tertiary alicyclic amines) is 1. The van der Waals surface area contributed by atoms with Crippen molar-refractivity contribution in [3.63, 3.8) is 0 Å². The molecule has 1 N–H and O–H groups in total. The van der Waals surface area contributed by atoms with Crippen molar-refractivity contribution in [2.45, 2.75) is 31.7 Å². The summed E-state index contributed by atoms with van der Waals surface area (Å²) >= 11 is 0. The quantitative estimate of drug-likeness (QED) is 0.723. The van der Waals surface area contributed by atoms with E-state index >= 15 is 0 Å². The molecule has 0 saturated carbocycles. The van der Waals surface area contributed by atoms with Gasteiger partial charge in [0.25, 0.3) is 0 Å². The lowest BCUT2D eigenvalue weighted by molar-refractivity contribution is -0.106. The Bertz CT molecular complexity index is 879. The molecular weight excluding hydrogens is 405 g/mol. The molecule has 1 saturated heterocycles. The fourth-order valence-electron chi connectivity index (χ4n) is 3.25. The third-order valence-corrected chi connectivity index (χ3v) is 5.82. The molecule has 9 heteroatoms. The summed E-state index contributed by atoms with van der Waals surface area (Å²) in [6.45, 7) is 2.73. The van der Waals surface area contributed by atoms with E-state index in [0.29, 0.717) is 5.75 Å². The van der Waals surface area contributed by atoms with Gasteiger partial charge in [-0.05, 0) is 42.7 Å². The van der Waals surface area contributed by atoms with E-state index < -0.39 is 22.0 Å². The fourth-order valence-corrected chi connectivity index (χ4v) is 4.25. The first-order valence-corrected chi connectivity index (χ1v) is 10.9. The molecule has 0 spiro atoms. The molecular formula is C20H23F3N2O3S.